The van der Waals surface area contributed by atoms with Crippen molar-refractivity contribution in [2.75, 3.05) is 0 Å². The summed E-state index contributed by atoms with van der Waals surface area (Å²) in [5.74, 6) is 5.26. The zero-order chi connectivity index (χ0) is 13.1. The van der Waals surface area contributed by atoms with Gasteiger partial charge in [-0.3, -0.25) is 11.3 Å². The number of hydrazine groups is 1. The van der Waals surface area contributed by atoms with Gasteiger partial charge in [-0.15, -0.1) is 0 Å². The van der Waals surface area contributed by atoms with Crippen molar-refractivity contribution in [3.8, 4) is 0 Å². The Morgan fingerprint density at radius 1 is 1.35 bits per heavy atom. The van der Waals surface area contributed by atoms with Gasteiger partial charge in [0, 0.05) is 22.0 Å². The summed E-state index contributed by atoms with van der Waals surface area (Å²) in [6, 6.07) is 4.36. The molecule has 0 aliphatic rings. The van der Waals surface area contributed by atoms with Gasteiger partial charge in [-0.2, -0.15) is 13.2 Å². The summed E-state index contributed by atoms with van der Waals surface area (Å²) in [6.45, 7) is 0. The zero-order valence-corrected chi connectivity index (χ0v) is 11.0. The SMILES string of the molecule is NNC(CCC(F)(F)F)c1cc(Cl)cc(Br)c1. The highest BCUT2D eigenvalue weighted by atomic mass is 79.9. The number of benzene rings is 1. The van der Waals surface area contributed by atoms with E-state index in [0.29, 0.717) is 15.1 Å². The first kappa shape index (κ1) is 14.8. The maximum atomic E-state index is 12.1. The van der Waals surface area contributed by atoms with Gasteiger partial charge in [0.15, 0.2) is 0 Å². The van der Waals surface area contributed by atoms with Crippen LogP contribution in [0.3, 0.4) is 0 Å². The van der Waals surface area contributed by atoms with Gasteiger partial charge in [-0.25, -0.2) is 0 Å². The summed E-state index contributed by atoms with van der Waals surface area (Å²) in [5, 5.41) is 0.446. The molecule has 0 bridgehead atoms. The van der Waals surface area contributed by atoms with Crippen LogP contribution in [0.4, 0.5) is 13.2 Å². The molecule has 0 amide bonds. The van der Waals surface area contributed by atoms with Crippen LogP contribution in [0.15, 0.2) is 22.7 Å². The Hall–Kier alpha value is -0.300. The molecular weight excluding hydrogens is 320 g/mol. The second kappa shape index (κ2) is 6.04. The number of nitrogens with one attached hydrogen (secondary N) is 1. The Labute approximate surface area is 110 Å². The predicted molar refractivity (Wildman–Crippen MR) is 64.5 cm³/mol. The fourth-order valence-electron chi connectivity index (χ4n) is 1.43. The van der Waals surface area contributed by atoms with Crippen LogP contribution in [-0.4, -0.2) is 6.18 Å². The molecule has 1 aromatic rings. The van der Waals surface area contributed by atoms with Crippen LogP contribution in [0, 0.1) is 0 Å². The van der Waals surface area contributed by atoms with Crippen LogP contribution < -0.4 is 11.3 Å². The van der Waals surface area contributed by atoms with Gasteiger partial charge in [0.1, 0.15) is 0 Å². The maximum absolute atomic E-state index is 12.1. The van der Waals surface area contributed by atoms with Crippen molar-refractivity contribution in [1.82, 2.24) is 5.43 Å². The van der Waals surface area contributed by atoms with Crippen LogP contribution in [0.2, 0.25) is 5.02 Å². The van der Waals surface area contributed by atoms with Crippen LogP contribution in [0.1, 0.15) is 24.4 Å². The molecule has 96 valence electrons. The Bertz CT molecular complexity index is 364. The number of hydrogen-bond donors (Lipinski definition) is 2. The third kappa shape index (κ3) is 5.25. The van der Waals surface area contributed by atoms with E-state index in [9.17, 15) is 13.2 Å². The molecule has 1 atom stereocenters. The number of alkyl halides is 3. The molecule has 3 N–H and O–H groups in total. The summed E-state index contributed by atoms with van der Waals surface area (Å²) in [5.41, 5.74) is 2.99. The van der Waals surface area contributed by atoms with E-state index in [-0.39, 0.29) is 6.42 Å². The van der Waals surface area contributed by atoms with Crippen molar-refractivity contribution in [1.29, 1.82) is 0 Å². The lowest BCUT2D eigenvalue weighted by Gasteiger charge is -2.17. The monoisotopic (exact) mass is 330 g/mol. The predicted octanol–water partition coefficient (Wildman–Crippen LogP) is 3.95. The molecule has 1 aromatic carbocycles. The van der Waals surface area contributed by atoms with Gasteiger partial charge in [0.25, 0.3) is 0 Å². The van der Waals surface area contributed by atoms with Gasteiger partial charge in [-0.05, 0) is 30.2 Å². The van der Waals surface area contributed by atoms with Gasteiger partial charge < -0.3 is 0 Å². The molecule has 2 nitrogen and oxygen atoms in total. The van der Waals surface area contributed by atoms with E-state index in [1.54, 1.807) is 18.2 Å². The van der Waals surface area contributed by atoms with E-state index in [4.69, 9.17) is 17.4 Å². The molecule has 0 fully saturated rings. The maximum Gasteiger partial charge on any atom is 0.389 e. The lowest BCUT2D eigenvalue weighted by atomic mass is 10.0. The molecule has 0 aliphatic heterocycles. The minimum absolute atomic E-state index is 0.132. The first-order chi connectivity index (χ1) is 7.81. The standard InChI is InChI=1S/C10H11BrClF3N2/c11-7-3-6(4-8(12)5-7)9(17-16)1-2-10(13,14)15/h3-5,9,17H,1-2,16H2. The molecule has 0 spiro atoms. The fourth-order valence-corrected chi connectivity index (χ4v) is 2.32. The highest BCUT2D eigenvalue weighted by Crippen LogP contribution is 2.30. The lowest BCUT2D eigenvalue weighted by Crippen LogP contribution is -2.29. The molecule has 1 rings (SSSR count). The van der Waals surface area contributed by atoms with Crippen LogP contribution in [0.25, 0.3) is 0 Å². The van der Waals surface area contributed by atoms with Crippen LogP contribution in [-0.2, 0) is 0 Å². The topological polar surface area (TPSA) is 38.0 Å². The fraction of sp³-hybridized carbons (Fsp3) is 0.400. The molecule has 0 radical (unpaired) electrons. The number of nitrogens with two attached hydrogens (primary N) is 1. The Morgan fingerprint density at radius 3 is 2.47 bits per heavy atom. The molecule has 0 heterocycles. The second-order valence-electron chi connectivity index (χ2n) is 3.58. The third-order valence-corrected chi connectivity index (χ3v) is 2.88. The van der Waals surface area contributed by atoms with Gasteiger partial charge in [0.05, 0.1) is 0 Å². The van der Waals surface area contributed by atoms with E-state index in [1.165, 1.54) is 0 Å². The zero-order valence-electron chi connectivity index (χ0n) is 8.69. The smallest absolute Gasteiger partial charge is 0.271 e. The Balaban J connectivity index is 2.79. The van der Waals surface area contributed by atoms with Crippen molar-refractivity contribution < 1.29 is 13.2 Å². The molecule has 1 unspecified atom stereocenters. The Kier molecular flexibility index (Phi) is 5.24. The Morgan fingerprint density at radius 2 is 2.00 bits per heavy atom. The second-order valence-corrected chi connectivity index (χ2v) is 4.93. The van der Waals surface area contributed by atoms with Gasteiger partial charge in [0.2, 0.25) is 0 Å². The highest BCUT2D eigenvalue weighted by molar-refractivity contribution is 9.10. The van der Waals surface area contributed by atoms with Crippen LogP contribution >= 0.6 is 27.5 Å². The van der Waals surface area contributed by atoms with E-state index >= 15 is 0 Å². The number of hydrogen-bond acceptors (Lipinski definition) is 2. The molecule has 17 heavy (non-hydrogen) atoms. The summed E-state index contributed by atoms with van der Waals surface area (Å²) < 4.78 is 37.1. The van der Waals surface area contributed by atoms with Crippen molar-refractivity contribution in [3.05, 3.63) is 33.3 Å². The van der Waals surface area contributed by atoms with Crippen LogP contribution in [0.5, 0.6) is 0 Å². The largest absolute Gasteiger partial charge is 0.389 e. The number of halogens is 5. The normalized spacial score (nSPS) is 13.8. The molecular formula is C10H11BrClF3N2. The average molecular weight is 332 g/mol. The summed E-state index contributed by atoms with van der Waals surface area (Å²) in [4.78, 5) is 0. The van der Waals surface area contributed by atoms with Crippen molar-refractivity contribution in [2.24, 2.45) is 5.84 Å². The summed E-state index contributed by atoms with van der Waals surface area (Å²) in [7, 11) is 0. The minimum Gasteiger partial charge on any atom is -0.271 e. The quantitative estimate of drug-likeness (QED) is 0.647. The molecule has 0 saturated carbocycles. The van der Waals surface area contributed by atoms with Crippen molar-refractivity contribution in [3.63, 3.8) is 0 Å². The summed E-state index contributed by atoms with van der Waals surface area (Å²) in [6.07, 6.45) is -5.22. The first-order valence-corrected chi connectivity index (χ1v) is 5.98. The third-order valence-electron chi connectivity index (χ3n) is 2.20. The van der Waals surface area contributed by atoms with E-state index in [1.807, 2.05) is 0 Å². The highest BCUT2D eigenvalue weighted by Gasteiger charge is 2.28. The van der Waals surface area contributed by atoms with E-state index < -0.39 is 18.6 Å². The average Bonchev–Trinajstić information content (AvgIpc) is 2.15. The van der Waals surface area contributed by atoms with E-state index in [2.05, 4.69) is 21.4 Å². The van der Waals surface area contributed by atoms with Crippen molar-refractivity contribution >= 4 is 27.5 Å². The molecule has 0 aromatic heterocycles. The molecule has 7 heteroatoms. The van der Waals surface area contributed by atoms with Crippen molar-refractivity contribution in [2.45, 2.75) is 25.1 Å². The lowest BCUT2D eigenvalue weighted by molar-refractivity contribution is -0.136. The van der Waals surface area contributed by atoms with Gasteiger partial charge >= 0.3 is 6.18 Å². The number of rotatable bonds is 4. The summed E-state index contributed by atoms with van der Waals surface area (Å²) >= 11 is 9.05. The van der Waals surface area contributed by atoms with Gasteiger partial charge in [-0.1, -0.05) is 27.5 Å². The van der Waals surface area contributed by atoms with E-state index in [0.717, 1.165) is 0 Å². The minimum atomic E-state index is -4.19. The molecule has 0 saturated heterocycles. The molecule has 0 aliphatic carbocycles. The first-order valence-electron chi connectivity index (χ1n) is 4.80.